The number of aromatic nitrogens is 4. The summed E-state index contributed by atoms with van der Waals surface area (Å²) in [4.78, 5) is 1.42. The number of hydrogen-bond donors (Lipinski definition) is 1. The van der Waals surface area contributed by atoms with Gasteiger partial charge in [-0.3, -0.25) is 0 Å². The van der Waals surface area contributed by atoms with Gasteiger partial charge in [-0.1, -0.05) is 11.6 Å². The van der Waals surface area contributed by atoms with Crippen molar-refractivity contribution in [2.24, 2.45) is 12.8 Å². The van der Waals surface area contributed by atoms with Crippen LogP contribution >= 0.6 is 0 Å². The molecule has 0 aliphatic carbocycles. The summed E-state index contributed by atoms with van der Waals surface area (Å²) < 4.78 is 5.76. The number of furan rings is 1. The molecule has 0 saturated carbocycles. The normalized spacial score (nSPS) is 13.0. The Kier molecular flexibility index (Phi) is 2.79. The number of tetrazole rings is 1. The molecular weight excluding hydrogens is 242 g/mol. The maximum Gasteiger partial charge on any atom is 0.176 e. The first-order valence-electron chi connectivity index (χ1n) is 6.10. The van der Waals surface area contributed by atoms with Crippen molar-refractivity contribution in [3.05, 3.63) is 41.4 Å². The third kappa shape index (κ3) is 2.34. The fourth-order valence-electron chi connectivity index (χ4n) is 2.07. The number of benzene rings is 1. The van der Waals surface area contributed by atoms with E-state index in [1.165, 1.54) is 10.4 Å². The van der Waals surface area contributed by atoms with Gasteiger partial charge in [-0.15, -0.1) is 10.2 Å². The van der Waals surface area contributed by atoms with Crippen molar-refractivity contribution < 1.29 is 4.42 Å². The van der Waals surface area contributed by atoms with Crippen LogP contribution in [-0.2, 0) is 13.5 Å². The lowest BCUT2D eigenvalue weighted by atomic mass is 10.1. The zero-order valence-electron chi connectivity index (χ0n) is 10.9. The third-order valence-corrected chi connectivity index (χ3v) is 3.01. The Labute approximate surface area is 110 Å². The molecule has 0 fully saturated rings. The minimum absolute atomic E-state index is 0.267. The Morgan fingerprint density at radius 3 is 2.95 bits per heavy atom. The maximum atomic E-state index is 6.13. The van der Waals surface area contributed by atoms with Crippen LogP contribution in [0.2, 0.25) is 0 Å². The van der Waals surface area contributed by atoms with Gasteiger partial charge in [-0.25, -0.2) is 0 Å². The fourth-order valence-corrected chi connectivity index (χ4v) is 2.07. The second kappa shape index (κ2) is 4.47. The van der Waals surface area contributed by atoms with Crippen LogP contribution in [0.15, 0.2) is 28.7 Å². The van der Waals surface area contributed by atoms with Gasteiger partial charge in [0, 0.05) is 11.8 Å². The van der Waals surface area contributed by atoms with E-state index in [1.807, 2.05) is 18.2 Å². The standard InChI is InChI=1S/C13H15N5O/c1-8-3-4-11-9(5-8)6-12(19-11)10(14)7-13-15-17-18(2)16-13/h3-6,10H,7,14H2,1-2H3. The molecule has 0 amide bonds. The van der Waals surface area contributed by atoms with Gasteiger partial charge >= 0.3 is 0 Å². The molecule has 0 saturated heterocycles. The van der Waals surface area contributed by atoms with Gasteiger partial charge in [0.2, 0.25) is 0 Å². The molecule has 1 unspecified atom stereocenters. The molecule has 0 aliphatic rings. The van der Waals surface area contributed by atoms with Gasteiger partial charge in [-0.05, 0) is 30.3 Å². The summed E-state index contributed by atoms with van der Waals surface area (Å²) in [5.74, 6) is 1.36. The molecule has 2 aromatic heterocycles. The van der Waals surface area contributed by atoms with Gasteiger partial charge in [0.1, 0.15) is 11.3 Å². The highest BCUT2D eigenvalue weighted by Gasteiger charge is 2.15. The zero-order valence-corrected chi connectivity index (χ0v) is 10.9. The molecule has 3 aromatic rings. The Morgan fingerprint density at radius 2 is 2.21 bits per heavy atom. The molecule has 2 N–H and O–H groups in total. The van der Waals surface area contributed by atoms with Gasteiger partial charge in [0.25, 0.3) is 0 Å². The first-order valence-corrected chi connectivity index (χ1v) is 6.10. The Morgan fingerprint density at radius 1 is 1.37 bits per heavy atom. The zero-order chi connectivity index (χ0) is 13.4. The smallest absolute Gasteiger partial charge is 0.176 e. The summed E-state index contributed by atoms with van der Waals surface area (Å²) in [5, 5.41) is 12.9. The van der Waals surface area contributed by atoms with E-state index in [2.05, 4.69) is 28.4 Å². The number of hydrogen-bond acceptors (Lipinski definition) is 5. The Hall–Kier alpha value is -2.21. The van der Waals surface area contributed by atoms with E-state index >= 15 is 0 Å². The van der Waals surface area contributed by atoms with Crippen molar-refractivity contribution in [1.29, 1.82) is 0 Å². The predicted octanol–water partition coefficient (Wildman–Crippen LogP) is 1.51. The van der Waals surface area contributed by atoms with E-state index in [9.17, 15) is 0 Å². The molecule has 6 nitrogen and oxygen atoms in total. The fraction of sp³-hybridized carbons (Fsp3) is 0.308. The minimum atomic E-state index is -0.267. The van der Waals surface area contributed by atoms with Gasteiger partial charge in [0.15, 0.2) is 5.82 Å². The number of aryl methyl sites for hydroxylation is 2. The molecule has 1 aromatic carbocycles. The van der Waals surface area contributed by atoms with Crippen LogP contribution in [-0.4, -0.2) is 20.2 Å². The minimum Gasteiger partial charge on any atom is -0.459 e. The summed E-state index contributed by atoms with van der Waals surface area (Å²) in [7, 11) is 1.73. The van der Waals surface area contributed by atoms with Gasteiger partial charge in [0.05, 0.1) is 13.1 Å². The number of nitrogens with two attached hydrogens (primary N) is 1. The maximum absolute atomic E-state index is 6.13. The monoisotopic (exact) mass is 257 g/mol. The van der Waals surface area contributed by atoms with Gasteiger partial charge < -0.3 is 10.2 Å². The first-order chi connectivity index (χ1) is 9.11. The highest BCUT2D eigenvalue weighted by Crippen LogP contribution is 2.25. The van der Waals surface area contributed by atoms with E-state index in [0.717, 1.165) is 16.7 Å². The largest absolute Gasteiger partial charge is 0.459 e. The molecule has 3 rings (SSSR count). The van der Waals surface area contributed by atoms with E-state index < -0.39 is 0 Å². The number of nitrogens with zero attached hydrogens (tertiary/aromatic N) is 4. The summed E-state index contributed by atoms with van der Waals surface area (Å²) >= 11 is 0. The second-order valence-corrected chi connectivity index (χ2v) is 4.70. The summed E-state index contributed by atoms with van der Waals surface area (Å²) in [6.45, 7) is 2.05. The van der Waals surface area contributed by atoms with Crippen LogP contribution in [0.1, 0.15) is 23.2 Å². The van der Waals surface area contributed by atoms with Crippen molar-refractivity contribution in [3.63, 3.8) is 0 Å². The van der Waals surface area contributed by atoms with Crippen LogP contribution in [0.4, 0.5) is 0 Å². The Balaban J connectivity index is 1.86. The van der Waals surface area contributed by atoms with E-state index in [-0.39, 0.29) is 6.04 Å². The van der Waals surface area contributed by atoms with E-state index in [0.29, 0.717) is 12.2 Å². The van der Waals surface area contributed by atoms with Crippen molar-refractivity contribution >= 4 is 11.0 Å². The molecule has 6 heteroatoms. The third-order valence-electron chi connectivity index (χ3n) is 3.01. The summed E-state index contributed by atoms with van der Waals surface area (Å²) in [6.07, 6.45) is 0.507. The molecule has 0 bridgehead atoms. The Bertz CT molecular complexity index is 715. The van der Waals surface area contributed by atoms with E-state index in [4.69, 9.17) is 10.2 Å². The summed E-state index contributed by atoms with van der Waals surface area (Å²) in [6, 6.07) is 7.77. The van der Waals surface area contributed by atoms with E-state index in [1.54, 1.807) is 7.05 Å². The van der Waals surface area contributed by atoms with Crippen molar-refractivity contribution in [2.75, 3.05) is 0 Å². The topological polar surface area (TPSA) is 82.8 Å². The SMILES string of the molecule is Cc1ccc2oc(C(N)Cc3nnn(C)n3)cc2c1. The first kappa shape index (κ1) is 11.9. The molecule has 19 heavy (non-hydrogen) atoms. The lowest BCUT2D eigenvalue weighted by Gasteiger charge is -2.04. The van der Waals surface area contributed by atoms with Crippen molar-refractivity contribution in [1.82, 2.24) is 20.2 Å². The number of fused-ring (bicyclic) bond motifs is 1. The summed E-state index contributed by atoms with van der Waals surface area (Å²) in [5.41, 5.74) is 8.18. The number of rotatable bonds is 3. The van der Waals surface area contributed by atoms with Crippen LogP contribution in [0, 0.1) is 6.92 Å². The lowest BCUT2D eigenvalue weighted by Crippen LogP contribution is -2.13. The molecule has 0 spiro atoms. The van der Waals surface area contributed by atoms with Crippen molar-refractivity contribution in [3.8, 4) is 0 Å². The van der Waals surface area contributed by atoms with Crippen LogP contribution in [0.25, 0.3) is 11.0 Å². The van der Waals surface area contributed by atoms with Crippen molar-refractivity contribution in [2.45, 2.75) is 19.4 Å². The average molecular weight is 257 g/mol. The molecular formula is C13H15N5O. The van der Waals surface area contributed by atoms with Crippen LogP contribution in [0.5, 0.6) is 0 Å². The van der Waals surface area contributed by atoms with Crippen LogP contribution < -0.4 is 5.73 Å². The van der Waals surface area contributed by atoms with Gasteiger partial charge in [-0.2, -0.15) is 4.80 Å². The molecule has 98 valence electrons. The highest BCUT2D eigenvalue weighted by molar-refractivity contribution is 5.78. The quantitative estimate of drug-likeness (QED) is 0.769. The lowest BCUT2D eigenvalue weighted by molar-refractivity contribution is 0.488. The molecule has 2 heterocycles. The highest BCUT2D eigenvalue weighted by atomic mass is 16.3. The van der Waals surface area contributed by atoms with Crippen LogP contribution in [0.3, 0.4) is 0 Å². The average Bonchev–Trinajstić information content (AvgIpc) is 2.95. The predicted molar refractivity (Wildman–Crippen MR) is 70.4 cm³/mol. The molecule has 1 atom stereocenters. The molecule has 0 radical (unpaired) electrons. The second-order valence-electron chi connectivity index (χ2n) is 4.70. The molecule has 0 aliphatic heterocycles.